The average molecular weight is 363 g/mol. The first-order valence-corrected chi connectivity index (χ1v) is 10.4. The molecule has 0 spiro atoms. The van der Waals surface area contributed by atoms with Gasteiger partial charge in [-0.05, 0) is 35.8 Å². The topological polar surface area (TPSA) is 72.5 Å². The Kier molecular flexibility index (Phi) is 5.90. The van der Waals surface area contributed by atoms with E-state index in [0.717, 1.165) is 12.1 Å². The minimum Gasteiger partial charge on any atom is -0.480 e. The van der Waals surface area contributed by atoms with Crippen LogP contribution in [-0.4, -0.2) is 25.4 Å². The minimum atomic E-state index is -4.46. The lowest BCUT2D eigenvalue weighted by molar-refractivity contribution is -0.141. The third kappa shape index (κ3) is 4.81. The first-order chi connectivity index (χ1) is 10.7. The van der Waals surface area contributed by atoms with E-state index in [4.69, 9.17) is 10.2 Å². The van der Waals surface area contributed by atoms with Gasteiger partial charge in [-0.3, -0.25) is 4.79 Å². The van der Waals surface area contributed by atoms with E-state index >= 15 is 0 Å². The molecule has 1 rings (SSSR count). The van der Waals surface area contributed by atoms with Crippen molar-refractivity contribution in [3.05, 3.63) is 35.4 Å². The van der Waals surface area contributed by atoms with Gasteiger partial charge in [-0.1, -0.05) is 32.9 Å². The number of benzene rings is 1. The second kappa shape index (κ2) is 6.85. The Morgan fingerprint density at radius 3 is 1.96 bits per heavy atom. The lowest BCUT2D eigenvalue weighted by Gasteiger charge is -2.40. The number of hydrogen-bond donors (Lipinski definition) is 2. The minimum absolute atomic E-state index is 0.199. The molecule has 0 aliphatic heterocycles. The van der Waals surface area contributed by atoms with Crippen LogP contribution in [0.4, 0.5) is 13.2 Å². The Bertz CT molecular complexity index is 580. The number of rotatable bonds is 5. The number of hydrogen-bond acceptors (Lipinski definition) is 3. The molecular formula is C16H24F3NO3Si. The van der Waals surface area contributed by atoms with Gasteiger partial charge in [0, 0.05) is 0 Å². The molecular weight excluding hydrogens is 339 g/mol. The van der Waals surface area contributed by atoms with Crippen molar-refractivity contribution in [2.45, 2.75) is 57.2 Å². The molecule has 1 aromatic carbocycles. The molecule has 0 saturated carbocycles. The van der Waals surface area contributed by atoms with Crippen molar-refractivity contribution in [1.29, 1.82) is 0 Å². The Labute approximate surface area is 140 Å². The van der Waals surface area contributed by atoms with Crippen LogP contribution < -0.4 is 5.73 Å². The number of carboxylic acid groups (broad SMARTS) is 1. The highest BCUT2D eigenvalue weighted by atomic mass is 28.4. The molecule has 0 aliphatic carbocycles. The highest BCUT2D eigenvalue weighted by Crippen LogP contribution is 2.40. The Hall–Kier alpha value is -1.38. The molecule has 0 radical (unpaired) electrons. The average Bonchev–Trinajstić information content (AvgIpc) is 2.42. The normalized spacial score (nSPS) is 15.9. The van der Waals surface area contributed by atoms with E-state index in [-0.39, 0.29) is 5.04 Å². The van der Waals surface area contributed by atoms with E-state index in [1.165, 1.54) is 12.1 Å². The molecule has 0 fully saturated rings. The van der Waals surface area contributed by atoms with Gasteiger partial charge in [0.25, 0.3) is 0 Å². The zero-order valence-corrected chi connectivity index (χ0v) is 15.4. The third-order valence-corrected chi connectivity index (χ3v) is 8.86. The molecule has 136 valence electrons. The first kappa shape index (κ1) is 20.7. The summed E-state index contributed by atoms with van der Waals surface area (Å²) in [5, 5.41) is 9.03. The van der Waals surface area contributed by atoms with Gasteiger partial charge in [-0.15, -0.1) is 0 Å². The van der Waals surface area contributed by atoms with Crippen molar-refractivity contribution < 1.29 is 27.5 Å². The zero-order valence-electron chi connectivity index (χ0n) is 14.4. The molecule has 1 aromatic rings. The summed E-state index contributed by atoms with van der Waals surface area (Å²) in [4.78, 5) is 11.3. The molecule has 4 nitrogen and oxygen atoms in total. The van der Waals surface area contributed by atoms with Gasteiger partial charge in [0.2, 0.25) is 0 Å². The van der Waals surface area contributed by atoms with Gasteiger partial charge >= 0.3 is 12.1 Å². The van der Waals surface area contributed by atoms with E-state index in [9.17, 15) is 23.1 Å². The second-order valence-corrected chi connectivity index (χ2v) is 12.0. The summed E-state index contributed by atoms with van der Waals surface area (Å²) in [6, 6.07) is 2.90. The van der Waals surface area contributed by atoms with Gasteiger partial charge in [0.05, 0.1) is 11.7 Å². The van der Waals surface area contributed by atoms with Gasteiger partial charge in [0.1, 0.15) is 6.04 Å². The van der Waals surface area contributed by atoms with Crippen LogP contribution in [0, 0.1) is 0 Å². The summed E-state index contributed by atoms with van der Waals surface area (Å²) in [7, 11) is -2.38. The zero-order chi connectivity index (χ0) is 18.9. The number of carboxylic acids is 1. The predicted molar refractivity (Wildman–Crippen MR) is 88.1 cm³/mol. The number of carbonyl (C=O) groups is 1. The van der Waals surface area contributed by atoms with E-state index in [2.05, 4.69) is 0 Å². The summed E-state index contributed by atoms with van der Waals surface area (Å²) in [5.74, 6) is -1.27. The maximum absolute atomic E-state index is 12.7. The van der Waals surface area contributed by atoms with Crippen molar-refractivity contribution in [1.82, 2.24) is 0 Å². The number of alkyl halides is 3. The van der Waals surface area contributed by atoms with Crippen LogP contribution in [0.25, 0.3) is 0 Å². The molecule has 2 unspecified atom stereocenters. The van der Waals surface area contributed by atoms with Crippen LogP contribution in [0.1, 0.15) is 38.0 Å². The smallest absolute Gasteiger partial charge is 0.416 e. The number of halogens is 3. The molecule has 2 atom stereocenters. The second-order valence-electron chi connectivity index (χ2n) is 7.28. The maximum Gasteiger partial charge on any atom is 0.416 e. The van der Waals surface area contributed by atoms with Crippen molar-refractivity contribution in [2.24, 2.45) is 5.73 Å². The van der Waals surface area contributed by atoms with Crippen molar-refractivity contribution in [3.63, 3.8) is 0 Å². The molecule has 0 heterocycles. The fourth-order valence-corrected chi connectivity index (χ4v) is 3.11. The third-order valence-electron chi connectivity index (χ3n) is 4.41. The Morgan fingerprint density at radius 1 is 1.17 bits per heavy atom. The van der Waals surface area contributed by atoms with E-state index in [0.29, 0.717) is 5.56 Å². The number of nitrogens with two attached hydrogens (primary N) is 1. The first-order valence-electron chi connectivity index (χ1n) is 7.50. The van der Waals surface area contributed by atoms with Crippen LogP contribution in [0.5, 0.6) is 0 Å². The van der Waals surface area contributed by atoms with E-state index in [1.807, 2.05) is 33.9 Å². The van der Waals surface area contributed by atoms with E-state index < -0.39 is 38.2 Å². The molecule has 0 saturated heterocycles. The van der Waals surface area contributed by atoms with Gasteiger partial charge in [-0.2, -0.15) is 13.2 Å². The monoisotopic (exact) mass is 363 g/mol. The lowest BCUT2D eigenvalue weighted by Crippen LogP contribution is -2.47. The van der Waals surface area contributed by atoms with Gasteiger partial charge < -0.3 is 15.3 Å². The molecule has 24 heavy (non-hydrogen) atoms. The number of aliphatic carboxylic acids is 1. The summed E-state index contributed by atoms with van der Waals surface area (Å²) in [5.41, 5.74) is 5.26. The summed E-state index contributed by atoms with van der Waals surface area (Å²) in [6.07, 6.45) is -5.46. The van der Waals surface area contributed by atoms with Crippen LogP contribution in [-0.2, 0) is 15.4 Å². The van der Waals surface area contributed by atoms with Crippen molar-refractivity contribution in [3.8, 4) is 0 Å². The molecule has 0 bridgehead atoms. The molecule has 0 amide bonds. The predicted octanol–water partition coefficient (Wildman–Crippen LogP) is 4.18. The van der Waals surface area contributed by atoms with Crippen LogP contribution in [0.2, 0.25) is 18.1 Å². The molecule has 3 N–H and O–H groups in total. The fourth-order valence-electron chi connectivity index (χ4n) is 1.83. The van der Waals surface area contributed by atoms with E-state index in [1.54, 1.807) is 0 Å². The molecule has 8 heteroatoms. The van der Waals surface area contributed by atoms with Gasteiger partial charge in [-0.25, -0.2) is 0 Å². The lowest BCUT2D eigenvalue weighted by atomic mass is 10.0. The van der Waals surface area contributed by atoms with Crippen molar-refractivity contribution >= 4 is 14.3 Å². The SMILES string of the molecule is CC(C)(C)[Si](C)(C)OC(c1ccc(C(F)(F)F)cc1)C(N)C(=O)O. The highest BCUT2D eigenvalue weighted by molar-refractivity contribution is 6.74. The largest absolute Gasteiger partial charge is 0.480 e. The van der Waals surface area contributed by atoms with Gasteiger partial charge in [0.15, 0.2) is 8.32 Å². The van der Waals surface area contributed by atoms with Crippen LogP contribution in [0.3, 0.4) is 0 Å². The highest BCUT2D eigenvalue weighted by Gasteiger charge is 2.42. The summed E-state index contributed by atoms with van der Waals surface area (Å²) < 4.78 is 44.2. The maximum atomic E-state index is 12.7. The van der Waals surface area contributed by atoms with Crippen LogP contribution >= 0.6 is 0 Å². The molecule has 0 aliphatic rings. The van der Waals surface area contributed by atoms with Crippen molar-refractivity contribution in [2.75, 3.05) is 0 Å². The quantitative estimate of drug-likeness (QED) is 0.770. The van der Waals surface area contributed by atoms with Crippen LogP contribution in [0.15, 0.2) is 24.3 Å². The Morgan fingerprint density at radius 2 is 1.62 bits per heavy atom. The summed E-state index contributed by atoms with van der Waals surface area (Å²) >= 11 is 0. The standard InChI is InChI=1S/C16H24F3NO3Si/c1-15(2,3)24(4,5)23-13(12(20)14(21)22)10-6-8-11(9-7-10)16(17,18)19/h6-9,12-13H,20H2,1-5H3,(H,21,22). The summed E-state index contributed by atoms with van der Waals surface area (Å²) in [6.45, 7) is 9.80. The fraction of sp³-hybridized carbons (Fsp3) is 0.562. The Balaban J connectivity index is 3.23. The molecule has 0 aromatic heterocycles.